The van der Waals surface area contributed by atoms with Crippen LogP contribution in [0.15, 0.2) is 53.0 Å². The Bertz CT molecular complexity index is 802. The predicted molar refractivity (Wildman–Crippen MR) is 124 cm³/mol. The molecule has 2 aromatic carbocycles. The monoisotopic (exact) mass is 605 g/mol. The molecule has 0 aromatic heterocycles. The molecule has 2 rings (SSSR count). The fraction of sp³-hybridized carbons (Fsp3) is 0.125. The molecule has 0 unspecified atom stereocenters. The van der Waals surface area contributed by atoms with E-state index in [1.807, 2.05) is 30.3 Å². The molecule has 4 nitrogen and oxygen atoms in total. The molecule has 2 aromatic rings. The first-order chi connectivity index (χ1) is 12.1. The van der Waals surface area contributed by atoms with Crippen molar-refractivity contribution >= 4 is 102 Å². The normalized spacial score (nSPS) is 12.2. The molecule has 0 saturated carbocycles. The average molecular weight is 608 g/mol. The highest BCUT2D eigenvalue weighted by Gasteiger charge is 2.34. The Balaban J connectivity index is 2.06. The first-order valence-electron chi connectivity index (χ1n) is 7.11. The minimum atomic E-state index is -1.82. The van der Waals surface area contributed by atoms with Crippen LogP contribution in [-0.2, 0) is 0 Å². The average Bonchev–Trinajstić information content (AvgIpc) is 2.55. The molecule has 0 aliphatic rings. The quantitative estimate of drug-likeness (QED) is 0.187. The third-order valence-electron chi connectivity index (χ3n) is 3.07. The van der Waals surface area contributed by atoms with Gasteiger partial charge in [0.2, 0.25) is 3.79 Å². The highest BCUT2D eigenvalue weighted by atomic mass is 127. The van der Waals surface area contributed by atoms with Gasteiger partial charge in [0.1, 0.15) is 6.17 Å². The summed E-state index contributed by atoms with van der Waals surface area (Å²) >= 11 is 28.7. The second-order valence-electron chi connectivity index (χ2n) is 5.06. The van der Waals surface area contributed by atoms with Crippen LogP contribution in [0, 0.1) is 3.57 Å². The smallest absolute Gasteiger partial charge is 0.253 e. The van der Waals surface area contributed by atoms with Gasteiger partial charge in [-0.3, -0.25) is 4.79 Å². The number of thiocarbonyl (C=S) groups is 1. The van der Waals surface area contributed by atoms with Gasteiger partial charge in [-0.2, -0.15) is 0 Å². The van der Waals surface area contributed by atoms with E-state index in [1.54, 1.807) is 18.2 Å². The number of carbonyl (C=O) groups excluding carboxylic acids is 1. The molecule has 1 atom stereocenters. The van der Waals surface area contributed by atoms with E-state index in [1.165, 1.54) is 0 Å². The van der Waals surface area contributed by atoms with Gasteiger partial charge in [0.15, 0.2) is 5.11 Å². The van der Waals surface area contributed by atoms with Crippen molar-refractivity contribution in [3.63, 3.8) is 0 Å². The number of alkyl halides is 3. The zero-order chi connectivity index (χ0) is 19.3. The van der Waals surface area contributed by atoms with Crippen molar-refractivity contribution in [2.75, 3.05) is 5.32 Å². The summed E-state index contributed by atoms with van der Waals surface area (Å²) in [5, 5.41) is 8.62. The lowest BCUT2D eigenvalue weighted by atomic mass is 10.2. The van der Waals surface area contributed by atoms with Crippen molar-refractivity contribution in [2.24, 2.45) is 0 Å². The highest BCUT2D eigenvalue weighted by Crippen LogP contribution is 2.29. The van der Waals surface area contributed by atoms with Crippen molar-refractivity contribution in [2.45, 2.75) is 9.96 Å². The predicted octanol–water partition coefficient (Wildman–Crippen LogP) is 5.47. The van der Waals surface area contributed by atoms with Crippen LogP contribution in [0.5, 0.6) is 0 Å². The van der Waals surface area contributed by atoms with Gasteiger partial charge < -0.3 is 16.0 Å². The van der Waals surface area contributed by atoms with Crippen molar-refractivity contribution in [3.05, 3.63) is 62.1 Å². The molecular formula is C16H12BrCl3IN3OS. The molecule has 1 amide bonds. The summed E-state index contributed by atoms with van der Waals surface area (Å²) in [6, 6.07) is 14.4. The molecule has 0 fully saturated rings. The summed E-state index contributed by atoms with van der Waals surface area (Å²) in [4.78, 5) is 12.4. The molecule has 0 heterocycles. The van der Waals surface area contributed by atoms with Crippen LogP contribution in [0.25, 0.3) is 0 Å². The third-order valence-corrected chi connectivity index (χ3v) is 5.14. The zero-order valence-corrected chi connectivity index (χ0v) is 19.7. The standard InChI is InChI=1S/C16H12BrCl3IN3OS/c17-10-4-6-12(7-5-10)22-15(26)24-14(16(18,19)20)23-13(25)9-2-1-3-11(21)8-9/h1-8,14H,(H,23,25)(H2,22,24,26)/t14-/m0/s1. The maximum absolute atomic E-state index is 12.4. The Morgan fingerprint density at radius 3 is 2.35 bits per heavy atom. The van der Waals surface area contributed by atoms with E-state index in [0.29, 0.717) is 5.56 Å². The van der Waals surface area contributed by atoms with Crippen LogP contribution in [0.3, 0.4) is 0 Å². The second-order valence-corrected chi connectivity index (χ2v) is 10.0. The van der Waals surface area contributed by atoms with Gasteiger partial charge in [-0.25, -0.2) is 0 Å². The first kappa shape index (κ1) is 22.0. The van der Waals surface area contributed by atoms with E-state index >= 15 is 0 Å². The van der Waals surface area contributed by atoms with E-state index in [4.69, 9.17) is 47.0 Å². The first-order valence-corrected chi connectivity index (χ1v) is 10.5. The Morgan fingerprint density at radius 1 is 1.12 bits per heavy atom. The van der Waals surface area contributed by atoms with Gasteiger partial charge in [-0.05, 0) is 77.3 Å². The topological polar surface area (TPSA) is 53.2 Å². The number of halogens is 5. The number of hydrogen-bond acceptors (Lipinski definition) is 2. The number of rotatable bonds is 4. The Hall–Kier alpha value is -0.320. The highest BCUT2D eigenvalue weighted by molar-refractivity contribution is 14.1. The van der Waals surface area contributed by atoms with Gasteiger partial charge >= 0.3 is 0 Å². The van der Waals surface area contributed by atoms with Crippen LogP contribution >= 0.6 is 85.5 Å². The van der Waals surface area contributed by atoms with Crippen molar-refractivity contribution in [1.82, 2.24) is 10.6 Å². The van der Waals surface area contributed by atoms with E-state index in [-0.39, 0.29) is 5.11 Å². The maximum atomic E-state index is 12.4. The van der Waals surface area contributed by atoms with Gasteiger partial charge in [0.05, 0.1) is 0 Å². The number of benzene rings is 2. The van der Waals surface area contributed by atoms with Crippen LogP contribution in [-0.4, -0.2) is 21.0 Å². The largest absolute Gasteiger partial charge is 0.339 e. The van der Waals surface area contributed by atoms with E-state index in [9.17, 15) is 4.79 Å². The van der Waals surface area contributed by atoms with Crippen molar-refractivity contribution in [1.29, 1.82) is 0 Å². The summed E-state index contributed by atoms with van der Waals surface area (Å²) in [5.41, 5.74) is 1.20. The summed E-state index contributed by atoms with van der Waals surface area (Å²) < 4.78 is 0.0372. The lowest BCUT2D eigenvalue weighted by Gasteiger charge is -2.27. The van der Waals surface area contributed by atoms with E-state index in [0.717, 1.165) is 13.7 Å². The summed E-state index contributed by atoms with van der Waals surface area (Å²) in [7, 11) is 0. The van der Waals surface area contributed by atoms with E-state index < -0.39 is 15.9 Å². The lowest BCUT2D eigenvalue weighted by molar-refractivity contribution is 0.0934. The molecule has 138 valence electrons. The number of anilines is 1. The minimum Gasteiger partial charge on any atom is -0.339 e. The fourth-order valence-electron chi connectivity index (χ4n) is 1.88. The number of hydrogen-bond donors (Lipinski definition) is 3. The van der Waals surface area contributed by atoms with Crippen LogP contribution < -0.4 is 16.0 Å². The van der Waals surface area contributed by atoms with Gasteiger partial charge in [-0.1, -0.05) is 56.8 Å². The third kappa shape index (κ3) is 7.01. The molecule has 0 aliphatic heterocycles. The van der Waals surface area contributed by atoms with Gasteiger partial charge in [0.25, 0.3) is 5.91 Å². The molecule has 0 radical (unpaired) electrons. The van der Waals surface area contributed by atoms with Crippen LogP contribution in [0.1, 0.15) is 10.4 Å². The second kappa shape index (κ2) is 9.75. The van der Waals surface area contributed by atoms with Crippen LogP contribution in [0.4, 0.5) is 5.69 Å². The molecule has 3 N–H and O–H groups in total. The molecule has 0 spiro atoms. The molecule has 0 saturated heterocycles. The van der Waals surface area contributed by atoms with Gasteiger partial charge in [0, 0.05) is 19.3 Å². The molecule has 0 bridgehead atoms. The Kier molecular flexibility index (Phi) is 8.24. The van der Waals surface area contributed by atoms with Crippen LogP contribution in [0.2, 0.25) is 0 Å². The summed E-state index contributed by atoms with van der Waals surface area (Å²) in [6.45, 7) is 0. The SMILES string of the molecule is O=C(N[C@@H](NC(=S)Nc1ccc(Br)cc1)C(Cl)(Cl)Cl)c1cccc(I)c1. The Morgan fingerprint density at radius 2 is 1.77 bits per heavy atom. The molecule has 10 heteroatoms. The molecule has 26 heavy (non-hydrogen) atoms. The van der Waals surface area contributed by atoms with E-state index in [2.05, 4.69) is 54.5 Å². The minimum absolute atomic E-state index is 0.201. The Labute approximate surface area is 193 Å². The fourth-order valence-corrected chi connectivity index (χ4v) is 3.25. The number of carbonyl (C=O) groups is 1. The van der Waals surface area contributed by atoms with Crippen molar-refractivity contribution in [3.8, 4) is 0 Å². The number of nitrogens with one attached hydrogen (secondary N) is 3. The maximum Gasteiger partial charge on any atom is 0.253 e. The zero-order valence-electron chi connectivity index (χ0n) is 12.9. The molecular weight excluding hydrogens is 595 g/mol. The van der Waals surface area contributed by atoms with Gasteiger partial charge in [-0.15, -0.1) is 0 Å². The summed E-state index contributed by atoms with van der Waals surface area (Å²) in [6.07, 6.45) is -1.03. The summed E-state index contributed by atoms with van der Waals surface area (Å²) in [5.74, 6) is -0.390. The molecule has 0 aliphatic carbocycles. The number of amides is 1. The van der Waals surface area contributed by atoms with Crippen molar-refractivity contribution < 1.29 is 4.79 Å². The lowest BCUT2D eigenvalue weighted by Crippen LogP contribution is -2.56.